The van der Waals surface area contributed by atoms with Crippen molar-refractivity contribution in [2.75, 3.05) is 11.1 Å². The highest BCUT2D eigenvalue weighted by molar-refractivity contribution is 6.16. The van der Waals surface area contributed by atoms with Crippen LogP contribution in [-0.4, -0.2) is 38.8 Å². The molecule has 6 N–H and O–H groups in total. The topological polar surface area (TPSA) is 137 Å². The maximum Gasteiger partial charge on any atom is 0.252 e. The smallest absolute Gasteiger partial charge is 0.252 e. The quantitative estimate of drug-likeness (QED) is 0.255. The number of anilines is 2. The zero-order valence-electron chi connectivity index (χ0n) is 19.7. The van der Waals surface area contributed by atoms with Crippen LogP contribution in [-0.2, 0) is 6.54 Å². The number of amides is 1. The summed E-state index contributed by atoms with van der Waals surface area (Å²) < 4.78 is 0. The summed E-state index contributed by atoms with van der Waals surface area (Å²) in [6.45, 7) is 0.364. The molecule has 0 radical (unpaired) electrons. The second kappa shape index (κ2) is 10.1. The van der Waals surface area contributed by atoms with Crippen molar-refractivity contribution in [3.05, 3.63) is 95.3 Å². The number of hydrogen-bond acceptors (Lipinski definition) is 7. The minimum atomic E-state index is -0.321. The van der Waals surface area contributed by atoms with Crippen LogP contribution < -0.4 is 16.4 Å². The van der Waals surface area contributed by atoms with Crippen molar-refractivity contribution in [2.24, 2.45) is 0 Å². The van der Waals surface area contributed by atoms with Crippen molar-refractivity contribution in [3.63, 3.8) is 0 Å². The first-order valence-corrected chi connectivity index (χ1v) is 12.0. The van der Waals surface area contributed by atoms with Gasteiger partial charge in [-0.15, -0.1) is 0 Å². The molecule has 0 bridgehead atoms. The van der Waals surface area contributed by atoms with Gasteiger partial charge in [0.2, 0.25) is 0 Å². The third-order valence-corrected chi connectivity index (χ3v) is 6.60. The molecule has 1 aliphatic carbocycles. The molecule has 0 aliphatic heterocycles. The van der Waals surface area contributed by atoms with Crippen molar-refractivity contribution in [2.45, 2.75) is 38.0 Å². The monoisotopic (exact) mass is 480 g/mol. The number of nitrogens with two attached hydrogens (primary N) is 1. The van der Waals surface area contributed by atoms with E-state index in [0.717, 1.165) is 29.2 Å². The zero-order valence-corrected chi connectivity index (χ0v) is 19.7. The van der Waals surface area contributed by atoms with Gasteiger partial charge in [0, 0.05) is 23.7 Å². The molecule has 1 heterocycles. The van der Waals surface area contributed by atoms with Gasteiger partial charge in [-0.2, -0.15) is 0 Å². The number of aromatic nitrogens is 2. The van der Waals surface area contributed by atoms with Crippen LogP contribution >= 0.6 is 0 Å². The minimum absolute atomic E-state index is 0.0774. The largest absolute Gasteiger partial charge is 0.393 e. The first kappa shape index (κ1) is 23.4. The van der Waals surface area contributed by atoms with Crippen LogP contribution in [0.25, 0.3) is 10.8 Å². The fourth-order valence-electron chi connectivity index (χ4n) is 4.67. The molecule has 3 aromatic carbocycles. The number of aliphatic hydroxyl groups excluding tert-OH is 1. The molecule has 0 saturated heterocycles. The number of hydrogen-bond donors (Lipinski definition) is 5. The molecule has 1 aromatic heterocycles. The van der Waals surface area contributed by atoms with Gasteiger partial charge in [0.1, 0.15) is 18.0 Å². The Labute approximate surface area is 209 Å². The number of nitrogen functional groups attached to an aromatic ring is 1. The molecule has 2 atom stereocenters. The molecular formula is C28H28N6O2. The van der Waals surface area contributed by atoms with Crippen LogP contribution in [0.4, 0.5) is 11.6 Å². The second-order valence-electron chi connectivity index (χ2n) is 9.07. The van der Waals surface area contributed by atoms with Crippen LogP contribution in [0.1, 0.15) is 46.3 Å². The van der Waals surface area contributed by atoms with E-state index in [-0.39, 0.29) is 29.6 Å². The summed E-state index contributed by atoms with van der Waals surface area (Å²) in [6.07, 6.45) is 3.26. The molecule has 36 heavy (non-hydrogen) atoms. The summed E-state index contributed by atoms with van der Waals surface area (Å²) in [6, 6.07) is 21.0. The molecule has 1 amide bonds. The third-order valence-electron chi connectivity index (χ3n) is 6.60. The van der Waals surface area contributed by atoms with Gasteiger partial charge in [-0.1, -0.05) is 60.7 Å². The summed E-state index contributed by atoms with van der Waals surface area (Å²) in [7, 11) is 0. The molecule has 2 unspecified atom stereocenters. The predicted octanol–water partition coefficient (Wildman–Crippen LogP) is 3.88. The van der Waals surface area contributed by atoms with E-state index in [1.165, 1.54) is 6.33 Å². The van der Waals surface area contributed by atoms with Gasteiger partial charge in [-0.05, 0) is 41.7 Å². The fourth-order valence-corrected chi connectivity index (χ4v) is 4.67. The Bertz CT molecular complexity index is 1410. The summed E-state index contributed by atoms with van der Waals surface area (Å²) in [5.41, 5.74) is 9.00. The number of carbonyl (C=O) groups excluding carboxylic acids is 1. The summed E-state index contributed by atoms with van der Waals surface area (Å²) >= 11 is 0. The van der Waals surface area contributed by atoms with Crippen molar-refractivity contribution in [1.29, 1.82) is 5.41 Å². The number of rotatable bonds is 7. The van der Waals surface area contributed by atoms with Crippen LogP contribution in [0, 0.1) is 5.41 Å². The van der Waals surface area contributed by atoms with Crippen LogP contribution in [0.15, 0.2) is 73.1 Å². The Morgan fingerprint density at radius 3 is 2.58 bits per heavy atom. The highest BCUT2D eigenvalue weighted by Gasteiger charge is 2.25. The van der Waals surface area contributed by atoms with E-state index in [1.54, 1.807) is 0 Å². The molecule has 5 rings (SSSR count). The number of nitrogens with zero attached hydrogens (tertiary/aromatic N) is 2. The van der Waals surface area contributed by atoms with Crippen molar-refractivity contribution in [3.8, 4) is 0 Å². The average Bonchev–Trinajstić information content (AvgIpc) is 3.31. The molecule has 4 aromatic rings. The summed E-state index contributed by atoms with van der Waals surface area (Å²) in [4.78, 5) is 21.2. The predicted molar refractivity (Wildman–Crippen MR) is 141 cm³/mol. The van der Waals surface area contributed by atoms with E-state index in [4.69, 9.17) is 11.1 Å². The van der Waals surface area contributed by atoms with Gasteiger partial charge in [0.15, 0.2) is 0 Å². The molecule has 1 saturated carbocycles. The fraction of sp³-hybridized carbons (Fsp3) is 0.214. The van der Waals surface area contributed by atoms with E-state index >= 15 is 0 Å². The van der Waals surface area contributed by atoms with Crippen molar-refractivity contribution >= 4 is 34.0 Å². The number of fused-ring (bicyclic) bond motifs is 1. The standard InChI is InChI=1S/C28H28N6O2/c29-25(24-26(30)32-16-33-27(24)34-20-12-13-21(35)14-20)19-10-8-17(9-11-19)15-31-28(36)23-7-3-5-18-4-1-2-6-22(18)23/h1-11,16,20-21,29,35H,12-15H2,(H,31,36)(H3,30,32,33,34). The SMILES string of the molecule is N=C(c1ccc(CNC(=O)c2cccc3ccccc23)cc1)c1c(N)ncnc1NC1CCC(O)C1. The summed E-state index contributed by atoms with van der Waals surface area (Å²) in [5.74, 6) is 0.589. The van der Waals surface area contributed by atoms with Crippen molar-refractivity contribution < 1.29 is 9.90 Å². The van der Waals surface area contributed by atoms with Gasteiger partial charge >= 0.3 is 0 Å². The zero-order chi connectivity index (χ0) is 25.1. The van der Waals surface area contributed by atoms with E-state index in [0.29, 0.717) is 35.5 Å². The van der Waals surface area contributed by atoms with E-state index in [9.17, 15) is 9.90 Å². The lowest BCUT2D eigenvalue weighted by Crippen LogP contribution is -2.23. The third kappa shape index (κ3) is 4.89. The highest BCUT2D eigenvalue weighted by atomic mass is 16.3. The lowest BCUT2D eigenvalue weighted by atomic mass is 10.0. The van der Waals surface area contributed by atoms with Gasteiger partial charge < -0.3 is 21.5 Å². The number of carbonyl (C=O) groups is 1. The minimum Gasteiger partial charge on any atom is -0.393 e. The Kier molecular flexibility index (Phi) is 6.60. The highest BCUT2D eigenvalue weighted by Crippen LogP contribution is 2.27. The van der Waals surface area contributed by atoms with Crippen LogP contribution in [0.3, 0.4) is 0 Å². The van der Waals surface area contributed by atoms with Gasteiger partial charge in [0.05, 0.1) is 17.4 Å². The molecule has 1 fully saturated rings. The first-order valence-electron chi connectivity index (χ1n) is 12.0. The lowest BCUT2D eigenvalue weighted by Gasteiger charge is -2.17. The second-order valence-corrected chi connectivity index (χ2v) is 9.07. The number of nitrogens with one attached hydrogen (secondary N) is 3. The molecule has 0 spiro atoms. The Hall–Kier alpha value is -4.30. The number of aliphatic hydroxyl groups is 1. The van der Waals surface area contributed by atoms with E-state index in [1.807, 2.05) is 66.7 Å². The van der Waals surface area contributed by atoms with Crippen LogP contribution in [0.2, 0.25) is 0 Å². The van der Waals surface area contributed by atoms with E-state index in [2.05, 4.69) is 20.6 Å². The Morgan fingerprint density at radius 1 is 1.03 bits per heavy atom. The Morgan fingerprint density at radius 2 is 1.81 bits per heavy atom. The maximum atomic E-state index is 12.8. The normalized spacial score (nSPS) is 17.1. The molecule has 182 valence electrons. The molecule has 1 aliphatic rings. The van der Waals surface area contributed by atoms with Gasteiger partial charge in [0.25, 0.3) is 5.91 Å². The van der Waals surface area contributed by atoms with E-state index < -0.39 is 0 Å². The average molecular weight is 481 g/mol. The number of benzene rings is 3. The maximum absolute atomic E-state index is 12.8. The van der Waals surface area contributed by atoms with Gasteiger partial charge in [-0.25, -0.2) is 9.97 Å². The van der Waals surface area contributed by atoms with Gasteiger partial charge in [-0.3, -0.25) is 10.2 Å². The molecule has 8 nitrogen and oxygen atoms in total. The lowest BCUT2D eigenvalue weighted by molar-refractivity contribution is 0.0952. The Balaban J connectivity index is 1.28. The first-order chi connectivity index (χ1) is 17.5. The van der Waals surface area contributed by atoms with Crippen LogP contribution in [0.5, 0.6) is 0 Å². The molecular weight excluding hydrogens is 452 g/mol. The molecule has 8 heteroatoms. The van der Waals surface area contributed by atoms with Crippen molar-refractivity contribution in [1.82, 2.24) is 15.3 Å². The summed E-state index contributed by atoms with van der Waals surface area (Å²) in [5, 5.41) is 26.9.